The van der Waals surface area contributed by atoms with Crippen LogP contribution in [0.4, 0.5) is 4.79 Å². The van der Waals surface area contributed by atoms with Gasteiger partial charge in [0.1, 0.15) is 18.9 Å². The molecule has 34 heavy (non-hydrogen) atoms. The van der Waals surface area contributed by atoms with E-state index >= 15 is 0 Å². The second-order valence-electron chi connectivity index (χ2n) is 7.92. The van der Waals surface area contributed by atoms with Crippen LogP contribution in [0, 0.1) is 0 Å². The number of thioether (sulfide) groups is 1. The van der Waals surface area contributed by atoms with Gasteiger partial charge in [-0.25, -0.2) is 0 Å². The molecule has 6 nitrogen and oxygen atoms in total. The van der Waals surface area contributed by atoms with Crippen LogP contribution in [0.2, 0.25) is 0 Å². The summed E-state index contributed by atoms with van der Waals surface area (Å²) in [7, 11) is 0. The van der Waals surface area contributed by atoms with Crippen molar-refractivity contribution in [3.8, 4) is 5.75 Å². The van der Waals surface area contributed by atoms with Crippen molar-refractivity contribution in [2.75, 3.05) is 6.54 Å². The van der Waals surface area contributed by atoms with Gasteiger partial charge in [-0.15, -0.1) is 0 Å². The zero-order valence-electron chi connectivity index (χ0n) is 18.6. The minimum atomic E-state index is -0.617. The molecule has 0 atom stereocenters. The Morgan fingerprint density at radius 3 is 2.62 bits per heavy atom. The SMILES string of the molecule is CC(C)OC(=O)CN1C(=O)S/C(=C\c2ccc(OCc3cccc4ccccc34)c(Br)c2)C1=O. The average molecular weight is 540 g/mol. The van der Waals surface area contributed by atoms with Crippen LogP contribution in [-0.2, 0) is 20.9 Å². The maximum absolute atomic E-state index is 12.6. The third kappa shape index (κ3) is 5.51. The van der Waals surface area contributed by atoms with Gasteiger partial charge in [-0.3, -0.25) is 19.3 Å². The first-order chi connectivity index (χ1) is 16.3. The van der Waals surface area contributed by atoms with E-state index in [0.29, 0.717) is 12.4 Å². The molecule has 8 heteroatoms. The maximum Gasteiger partial charge on any atom is 0.326 e. The number of imide groups is 1. The molecule has 0 unspecified atom stereocenters. The maximum atomic E-state index is 12.6. The molecule has 0 radical (unpaired) electrons. The molecule has 174 valence electrons. The summed E-state index contributed by atoms with van der Waals surface area (Å²) in [4.78, 5) is 37.9. The molecule has 2 amide bonds. The van der Waals surface area contributed by atoms with Crippen LogP contribution in [0.5, 0.6) is 5.75 Å². The highest BCUT2D eigenvalue weighted by Gasteiger charge is 2.36. The van der Waals surface area contributed by atoms with E-state index in [9.17, 15) is 14.4 Å². The predicted octanol–water partition coefficient (Wildman–Crippen LogP) is 6.17. The predicted molar refractivity (Wildman–Crippen MR) is 136 cm³/mol. The summed E-state index contributed by atoms with van der Waals surface area (Å²) in [6.45, 7) is 3.42. The van der Waals surface area contributed by atoms with E-state index in [1.807, 2.05) is 42.5 Å². The van der Waals surface area contributed by atoms with E-state index in [0.717, 1.165) is 43.0 Å². The lowest BCUT2D eigenvalue weighted by atomic mass is 10.1. The number of amides is 2. The number of esters is 1. The van der Waals surface area contributed by atoms with Crippen LogP contribution < -0.4 is 4.74 Å². The molecule has 4 rings (SSSR count). The molecule has 1 aliphatic rings. The number of hydrogen-bond acceptors (Lipinski definition) is 6. The van der Waals surface area contributed by atoms with Crippen molar-refractivity contribution in [2.45, 2.75) is 26.6 Å². The van der Waals surface area contributed by atoms with Crippen molar-refractivity contribution in [3.05, 3.63) is 81.2 Å². The Kier molecular flexibility index (Phi) is 7.38. The second kappa shape index (κ2) is 10.4. The summed E-state index contributed by atoms with van der Waals surface area (Å²) in [5.74, 6) is -0.466. The summed E-state index contributed by atoms with van der Waals surface area (Å²) >= 11 is 4.33. The van der Waals surface area contributed by atoms with Gasteiger partial charge in [0.25, 0.3) is 11.1 Å². The van der Waals surface area contributed by atoms with Gasteiger partial charge in [-0.2, -0.15) is 0 Å². The Bertz CT molecular complexity index is 1300. The Balaban J connectivity index is 1.45. The molecular formula is C26H22BrNO5S. The summed E-state index contributed by atoms with van der Waals surface area (Å²) < 4.78 is 11.8. The van der Waals surface area contributed by atoms with Gasteiger partial charge < -0.3 is 9.47 Å². The van der Waals surface area contributed by atoms with Crippen LogP contribution in [0.1, 0.15) is 25.0 Å². The van der Waals surface area contributed by atoms with Crippen LogP contribution in [-0.4, -0.2) is 34.7 Å². The summed E-state index contributed by atoms with van der Waals surface area (Å²) in [5, 5.41) is 1.81. The van der Waals surface area contributed by atoms with Gasteiger partial charge in [0, 0.05) is 0 Å². The Hall–Kier alpha value is -3.10. The molecule has 0 bridgehead atoms. The first-order valence-corrected chi connectivity index (χ1v) is 12.3. The lowest BCUT2D eigenvalue weighted by Gasteiger charge is -2.13. The van der Waals surface area contributed by atoms with Gasteiger partial charge in [0.15, 0.2) is 0 Å². The van der Waals surface area contributed by atoms with Gasteiger partial charge in [0.2, 0.25) is 0 Å². The highest BCUT2D eigenvalue weighted by molar-refractivity contribution is 9.10. The zero-order chi connectivity index (χ0) is 24.2. The number of fused-ring (bicyclic) bond motifs is 1. The second-order valence-corrected chi connectivity index (χ2v) is 9.77. The van der Waals surface area contributed by atoms with Crippen LogP contribution in [0.15, 0.2) is 70.0 Å². The van der Waals surface area contributed by atoms with Gasteiger partial charge >= 0.3 is 5.97 Å². The molecule has 3 aromatic rings. The fourth-order valence-electron chi connectivity index (χ4n) is 3.51. The van der Waals surface area contributed by atoms with E-state index in [2.05, 4.69) is 34.1 Å². The van der Waals surface area contributed by atoms with Crippen LogP contribution in [0.3, 0.4) is 0 Å². The number of rotatable bonds is 7. The third-order valence-electron chi connectivity index (χ3n) is 5.04. The number of carbonyl (C=O) groups is 3. The zero-order valence-corrected chi connectivity index (χ0v) is 21.0. The van der Waals surface area contributed by atoms with Crippen molar-refractivity contribution in [1.82, 2.24) is 4.90 Å². The molecule has 0 aromatic heterocycles. The minimum Gasteiger partial charge on any atom is -0.488 e. The molecule has 3 aromatic carbocycles. The van der Waals surface area contributed by atoms with E-state index in [-0.39, 0.29) is 11.0 Å². The van der Waals surface area contributed by atoms with Crippen LogP contribution >= 0.6 is 27.7 Å². The normalized spacial score (nSPS) is 14.9. The third-order valence-corrected chi connectivity index (χ3v) is 6.57. The fourth-order valence-corrected chi connectivity index (χ4v) is 4.86. The number of nitrogens with zero attached hydrogens (tertiary/aromatic N) is 1. The number of carbonyl (C=O) groups excluding carboxylic acids is 3. The molecule has 1 aliphatic heterocycles. The summed E-state index contributed by atoms with van der Waals surface area (Å²) in [6.07, 6.45) is 1.31. The number of ether oxygens (including phenoxy) is 2. The highest BCUT2D eigenvalue weighted by atomic mass is 79.9. The number of hydrogen-bond donors (Lipinski definition) is 0. The Morgan fingerprint density at radius 2 is 1.85 bits per heavy atom. The lowest BCUT2D eigenvalue weighted by molar-refractivity contribution is -0.149. The van der Waals surface area contributed by atoms with Crippen molar-refractivity contribution in [2.24, 2.45) is 0 Å². The molecule has 1 heterocycles. The van der Waals surface area contributed by atoms with Crippen molar-refractivity contribution < 1.29 is 23.9 Å². The standard InChI is InChI=1S/C26H22BrNO5S/c1-16(2)33-24(29)14-28-25(30)23(34-26(28)31)13-17-10-11-22(21(27)12-17)32-15-19-8-5-7-18-6-3-4-9-20(18)19/h3-13,16H,14-15H2,1-2H3/b23-13-. The first kappa shape index (κ1) is 24.0. The fraction of sp³-hybridized carbons (Fsp3) is 0.192. The molecule has 1 saturated heterocycles. The molecule has 0 N–H and O–H groups in total. The molecule has 0 saturated carbocycles. The van der Waals surface area contributed by atoms with Crippen molar-refractivity contribution in [1.29, 1.82) is 0 Å². The largest absolute Gasteiger partial charge is 0.488 e. The molecule has 1 fully saturated rings. The highest BCUT2D eigenvalue weighted by Crippen LogP contribution is 2.34. The molecule has 0 spiro atoms. The Labute approximate surface area is 210 Å². The first-order valence-electron chi connectivity index (χ1n) is 10.7. The van der Waals surface area contributed by atoms with E-state index in [1.54, 1.807) is 19.9 Å². The van der Waals surface area contributed by atoms with E-state index in [4.69, 9.17) is 9.47 Å². The quantitative estimate of drug-likeness (QED) is 0.264. The van der Waals surface area contributed by atoms with Crippen molar-refractivity contribution in [3.63, 3.8) is 0 Å². The van der Waals surface area contributed by atoms with Gasteiger partial charge in [-0.1, -0.05) is 48.5 Å². The van der Waals surface area contributed by atoms with E-state index in [1.165, 1.54) is 0 Å². The molecular weight excluding hydrogens is 518 g/mol. The smallest absolute Gasteiger partial charge is 0.326 e. The van der Waals surface area contributed by atoms with Gasteiger partial charge in [-0.05, 0) is 81.6 Å². The van der Waals surface area contributed by atoms with Crippen molar-refractivity contribution >= 4 is 61.7 Å². The molecule has 0 aliphatic carbocycles. The lowest BCUT2D eigenvalue weighted by Crippen LogP contribution is -2.35. The van der Waals surface area contributed by atoms with Crippen LogP contribution in [0.25, 0.3) is 16.8 Å². The Morgan fingerprint density at radius 1 is 1.09 bits per heavy atom. The van der Waals surface area contributed by atoms with E-state index < -0.39 is 23.7 Å². The summed E-state index contributed by atoms with van der Waals surface area (Å²) in [6, 6.07) is 19.7. The number of benzene rings is 3. The summed E-state index contributed by atoms with van der Waals surface area (Å²) in [5.41, 5.74) is 1.80. The van der Waals surface area contributed by atoms with Gasteiger partial charge in [0.05, 0.1) is 15.5 Å². The average Bonchev–Trinajstić information content (AvgIpc) is 3.05. The number of halogens is 1. The monoisotopic (exact) mass is 539 g/mol. The topological polar surface area (TPSA) is 72.9 Å². The minimum absolute atomic E-state index is 0.249.